The molecule has 0 aromatic carbocycles. The second-order valence-electron chi connectivity index (χ2n) is 5.31. The first-order valence-corrected chi connectivity index (χ1v) is 6.31. The van der Waals surface area contributed by atoms with Crippen LogP contribution in [0.3, 0.4) is 0 Å². The van der Waals surface area contributed by atoms with Crippen LogP contribution in [0.4, 0.5) is 0 Å². The van der Waals surface area contributed by atoms with Gasteiger partial charge < -0.3 is 15.5 Å². The Morgan fingerprint density at radius 1 is 1.20 bits per heavy atom. The van der Waals surface area contributed by atoms with E-state index >= 15 is 0 Å². The van der Waals surface area contributed by atoms with E-state index in [2.05, 4.69) is 5.32 Å². The highest BCUT2D eigenvalue weighted by Crippen LogP contribution is 2.34. The van der Waals surface area contributed by atoms with Crippen molar-refractivity contribution in [2.24, 2.45) is 5.92 Å². The summed E-state index contributed by atoms with van der Waals surface area (Å²) in [6, 6.07) is 0. The first-order chi connectivity index (χ1) is 7.20. The molecule has 2 atom stereocenters. The molecular weight excluding hydrogens is 190 g/mol. The van der Waals surface area contributed by atoms with Crippen LogP contribution >= 0.6 is 0 Å². The summed E-state index contributed by atoms with van der Waals surface area (Å²) in [6.45, 7) is 1.78. The van der Waals surface area contributed by atoms with Gasteiger partial charge in [0.1, 0.15) is 0 Å². The van der Waals surface area contributed by atoms with Crippen molar-refractivity contribution in [3.8, 4) is 0 Å². The molecule has 1 heterocycles. The first kappa shape index (κ1) is 11.4. The van der Waals surface area contributed by atoms with Gasteiger partial charge in [-0.1, -0.05) is 19.3 Å². The van der Waals surface area contributed by atoms with Crippen molar-refractivity contribution in [2.75, 3.05) is 13.1 Å². The fourth-order valence-corrected chi connectivity index (χ4v) is 3.02. The highest BCUT2D eigenvalue weighted by atomic mass is 16.3. The van der Waals surface area contributed by atoms with E-state index < -0.39 is 5.60 Å². The summed E-state index contributed by atoms with van der Waals surface area (Å²) in [5, 5.41) is 23.6. The molecule has 1 saturated carbocycles. The summed E-state index contributed by atoms with van der Waals surface area (Å²) in [5.41, 5.74) is -0.483. The summed E-state index contributed by atoms with van der Waals surface area (Å²) in [6.07, 6.45) is 6.80. The van der Waals surface area contributed by atoms with Gasteiger partial charge in [0.15, 0.2) is 0 Å². The Balaban J connectivity index is 1.88. The second-order valence-corrected chi connectivity index (χ2v) is 5.31. The van der Waals surface area contributed by atoms with Crippen LogP contribution in [-0.2, 0) is 0 Å². The van der Waals surface area contributed by atoms with Crippen molar-refractivity contribution in [1.82, 2.24) is 5.32 Å². The van der Waals surface area contributed by atoms with Crippen LogP contribution in [0.25, 0.3) is 0 Å². The van der Waals surface area contributed by atoms with E-state index in [1.54, 1.807) is 0 Å². The number of aliphatic hydroxyl groups excluding tert-OH is 1. The van der Waals surface area contributed by atoms with E-state index in [4.69, 9.17) is 0 Å². The topological polar surface area (TPSA) is 52.5 Å². The molecule has 0 aromatic heterocycles. The lowest BCUT2D eigenvalue weighted by Crippen LogP contribution is -2.45. The predicted octanol–water partition coefficient (Wildman–Crippen LogP) is 1.04. The molecule has 2 aliphatic rings. The third-order valence-corrected chi connectivity index (χ3v) is 3.99. The van der Waals surface area contributed by atoms with Gasteiger partial charge in [-0.3, -0.25) is 0 Å². The molecule has 2 unspecified atom stereocenters. The summed E-state index contributed by atoms with van der Waals surface area (Å²) < 4.78 is 0. The average Bonchev–Trinajstić information content (AvgIpc) is 2.22. The van der Waals surface area contributed by atoms with Gasteiger partial charge in [-0.05, 0) is 32.2 Å². The lowest BCUT2D eigenvalue weighted by molar-refractivity contribution is -0.0434. The molecule has 0 radical (unpaired) electrons. The Kier molecular flexibility index (Phi) is 3.65. The second kappa shape index (κ2) is 4.81. The minimum absolute atomic E-state index is 0.211. The van der Waals surface area contributed by atoms with Crippen molar-refractivity contribution in [3.05, 3.63) is 0 Å². The minimum Gasteiger partial charge on any atom is -0.393 e. The summed E-state index contributed by atoms with van der Waals surface area (Å²) in [5.74, 6) is 0.252. The number of nitrogens with one attached hydrogen (secondary N) is 1. The first-order valence-electron chi connectivity index (χ1n) is 6.31. The van der Waals surface area contributed by atoms with E-state index in [0.717, 1.165) is 51.6 Å². The van der Waals surface area contributed by atoms with Crippen LogP contribution in [-0.4, -0.2) is 35.0 Å². The van der Waals surface area contributed by atoms with E-state index in [1.165, 1.54) is 6.42 Å². The normalized spacial score (nSPS) is 36.4. The Hall–Kier alpha value is -0.120. The van der Waals surface area contributed by atoms with Crippen molar-refractivity contribution < 1.29 is 10.2 Å². The van der Waals surface area contributed by atoms with Crippen LogP contribution in [0.15, 0.2) is 0 Å². The van der Waals surface area contributed by atoms with Crippen LogP contribution < -0.4 is 5.32 Å². The van der Waals surface area contributed by atoms with E-state index in [9.17, 15) is 10.2 Å². The van der Waals surface area contributed by atoms with Crippen LogP contribution in [0.1, 0.15) is 44.9 Å². The number of rotatable bonds is 2. The van der Waals surface area contributed by atoms with Crippen molar-refractivity contribution in [3.63, 3.8) is 0 Å². The lowest BCUT2D eigenvalue weighted by Gasteiger charge is -2.38. The third kappa shape index (κ3) is 2.92. The fraction of sp³-hybridized carbons (Fsp3) is 1.00. The standard InChI is InChI=1S/C12H23NO2/c14-11-4-7-13-9-10(11)8-12(15)5-2-1-3-6-12/h10-11,13-15H,1-9H2. The summed E-state index contributed by atoms with van der Waals surface area (Å²) >= 11 is 0. The van der Waals surface area contributed by atoms with Gasteiger partial charge in [-0.25, -0.2) is 0 Å². The highest BCUT2D eigenvalue weighted by Gasteiger charge is 2.35. The maximum absolute atomic E-state index is 10.4. The molecule has 0 aromatic rings. The van der Waals surface area contributed by atoms with Crippen LogP contribution in [0.2, 0.25) is 0 Å². The molecular formula is C12H23NO2. The zero-order chi connectivity index (χ0) is 10.7. The molecule has 2 rings (SSSR count). The monoisotopic (exact) mass is 213 g/mol. The predicted molar refractivity (Wildman–Crippen MR) is 59.6 cm³/mol. The molecule has 88 valence electrons. The zero-order valence-corrected chi connectivity index (χ0v) is 9.41. The lowest BCUT2D eigenvalue weighted by atomic mass is 9.76. The molecule has 1 saturated heterocycles. The number of hydrogen-bond acceptors (Lipinski definition) is 3. The SMILES string of the molecule is OC1CCNCC1CC1(O)CCCCC1. The molecule has 3 heteroatoms. The van der Waals surface area contributed by atoms with Crippen LogP contribution in [0.5, 0.6) is 0 Å². The van der Waals surface area contributed by atoms with E-state index in [0.29, 0.717) is 0 Å². The van der Waals surface area contributed by atoms with Gasteiger partial charge in [0.05, 0.1) is 11.7 Å². The molecule has 3 N–H and O–H groups in total. The van der Waals surface area contributed by atoms with Gasteiger partial charge in [0.2, 0.25) is 0 Å². The molecule has 2 fully saturated rings. The molecule has 0 amide bonds. The number of piperidine rings is 1. The maximum atomic E-state index is 10.4. The van der Waals surface area contributed by atoms with Crippen LogP contribution in [0, 0.1) is 5.92 Å². The maximum Gasteiger partial charge on any atom is 0.0651 e. The molecule has 1 aliphatic carbocycles. The molecule has 15 heavy (non-hydrogen) atoms. The third-order valence-electron chi connectivity index (χ3n) is 3.99. The molecule has 3 nitrogen and oxygen atoms in total. The van der Waals surface area contributed by atoms with Gasteiger partial charge in [-0.15, -0.1) is 0 Å². The van der Waals surface area contributed by atoms with Gasteiger partial charge in [0.25, 0.3) is 0 Å². The molecule has 0 spiro atoms. The molecule has 1 aliphatic heterocycles. The van der Waals surface area contributed by atoms with Crippen molar-refractivity contribution >= 4 is 0 Å². The minimum atomic E-state index is -0.483. The molecule has 0 bridgehead atoms. The summed E-state index contributed by atoms with van der Waals surface area (Å²) in [7, 11) is 0. The van der Waals surface area contributed by atoms with Gasteiger partial charge >= 0.3 is 0 Å². The van der Waals surface area contributed by atoms with Gasteiger partial charge in [-0.2, -0.15) is 0 Å². The Morgan fingerprint density at radius 3 is 2.60 bits per heavy atom. The summed E-state index contributed by atoms with van der Waals surface area (Å²) in [4.78, 5) is 0. The van der Waals surface area contributed by atoms with Gasteiger partial charge in [0, 0.05) is 12.5 Å². The Labute approximate surface area is 91.9 Å². The quantitative estimate of drug-likeness (QED) is 0.642. The zero-order valence-electron chi connectivity index (χ0n) is 9.41. The smallest absolute Gasteiger partial charge is 0.0651 e. The average molecular weight is 213 g/mol. The van der Waals surface area contributed by atoms with E-state index in [-0.39, 0.29) is 12.0 Å². The Morgan fingerprint density at radius 2 is 1.93 bits per heavy atom. The Bertz CT molecular complexity index is 202. The highest BCUT2D eigenvalue weighted by molar-refractivity contribution is 4.89. The number of aliphatic hydroxyl groups is 2. The fourth-order valence-electron chi connectivity index (χ4n) is 3.02. The van der Waals surface area contributed by atoms with Crippen molar-refractivity contribution in [2.45, 2.75) is 56.7 Å². The van der Waals surface area contributed by atoms with E-state index in [1.807, 2.05) is 0 Å². The van der Waals surface area contributed by atoms with Crippen molar-refractivity contribution in [1.29, 1.82) is 0 Å². The largest absolute Gasteiger partial charge is 0.393 e. The number of hydrogen-bond donors (Lipinski definition) is 3.